The van der Waals surface area contributed by atoms with Gasteiger partial charge in [0.05, 0.1) is 5.75 Å². The van der Waals surface area contributed by atoms with Crippen molar-refractivity contribution in [2.24, 2.45) is 0 Å². The third kappa shape index (κ3) is 2.42. The molecule has 0 saturated heterocycles. The molecule has 1 amide bonds. The summed E-state index contributed by atoms with van der Waals surface area (Å²) in [5.41, 5.74) is 1.42. The SMILES string of the molecule is Cc1nc(SCC(=O)N(C)C)c2c3c(sc2n1)CCC3. The van der Waals surface area contributed by atoms with E-state index in [9.17, 15) is 4.79 Å². The molecule has 106 valence electrons. The number of hydrogen-bond acceptors (Lipinski definition) is 5. The maximum Gasteiger partial charge on any atom is 0.232 e. The van der Waals surface area contributed by atoms with Crippen LogP contribution in [0.25, 0.3) is 10.2 Å². The van der Waals surface area contributed by atoms with Gasteiger partial charge >= 0.3 is 0 Å². The van der Waals surface area contributed by atoms with Crippen molar-refractivity contribution in [2.75, 3.05) is 19.8 Å². The maximum absolute atomic E-state index is 11.8. The van der Waals surface area contributed by atoms with Crippen LogP contribution >= 0.6 is 23.1 Å². The van der Waals surface area contributed by atoms with Gasteiger partial charge in [0.1, 0.15) is 15.7 Å². The maximum atomic E-state index is 11.8. The Labute approximate surface area is 126 Å². The summed E-state index contributed by atoms with van der Waals surface area (Å²) in [4.78, 5) is 25.1. The van der Waals surface area contributed by atoms with Crippen molar-refractivity contribution in [1.82, 2.24) is 14.9 Å². The molecule has 0 radical (unpaired) electrons. The summed E-state index contributed by atoms with van der Waals surface area (Å²) in [6, 6.07) is 0. The van der Waals surface area contributed by atoms with Gasteiger partial charge in [0.25, 0.3) is 0 Å². The first-order chi connectivity index (χ1) is 9.56. The van der Waals surface area contributed by atoms with Gasteiger partial charge in [-0.15, -0.1) is 11.3 Å². The van der Waals surface area contributed by atoms with Crippen molar-refractivity contribution in [2.45, 2.75) is 31.2 Å². The second-order valence-corrected chi connectivity index (χ2v) is 7.24. The molecule has 2 aromatic heterocycles. The van der Waals surface area contributed by atoms with Gasteiger partial charge < -0.3 is 4.90 Å². The van der Waals surface area contributed by atoms with Crippen LogP contribution in [0.15, 0.2) is 5.03 Å². The molecule has 0 aromatic carbocycles. The molecule has 0 bridgehead atoms. The minimum atomic E-state index is 0.117. The van der Waals surface area contributed by atoms with Crippen LogP contribution in [-0.4, -0.2) is 40.6 Å². The summed E-state index contributed by atoms with van der Waals surface area (Å²) >= 11 is 3.33. The first kappa shape index (κ1) is 13.8. The molecule has 3 rings (SSSR count). The average molecular weight is 307 g/mol. The van der Waals surface area contributed by atoms with E-state index >= 15 is 0 Å². The summed E-state index contributed by atoms with van der Waals surface area (Å²) < 4.78 is 0. The lowest BCUT2D eigenvalue weighted by molar-refractivity contribution is -0.125. The molecule has 1 aliphatic rings. The number of fused-ring (bicyclic) bond motifs is 3. The number of amides is 1. The number of thiophene rings is 1. The minimum Gasteiger partial charge on any atom is -0.348 e. The summed E-state index contributed by atoms with van der Waals surface area (Å²) in [6.45, 7) is 1.92. The molecular formula is C14H17N3OS2. The zero-order valence-electron chi connectivity index (χ0n) is 11.9. The molecule has 6 heteroatoms. The molecule has 20 heavy (non-hydrogen) atoms. The molecule has 0 saturated carbocycles. The van der Waals surface area contributed by atoms with Crippen LogP contribution in [0.4, 0.5) is 0 Å². The number of hydrogen-bond donors (Lipinski definition) is 0. The summed E-state index contributed by atoms with van der Waals surface area (Å²) in [7, 11) is 3.57. The van der Waals surface area contributed by atoms with Gasteiger partial charge in [-0.1, -0.05) is 11.8 Å². The van der Waals surface area contributed by atoms with Gasteiger partial charge in [0.15, 0.2) is 0 Å². The molecule has 2 heterocycles. The minimum absolute atomic E-state index is 0.117. The van der Waals surface area contributed by atoms with E-state index in [1.807, 2.05) is 6.92 Å². The molecule has 0 spiro atoms. The first-order valence-electron chi connectivity index (χ1n) is 6.68. The van der Waals surface area contributed by atoms with E-state index in [1.165, 1.54) is 34.0 Å². The molecule has 0 fully saturated rings. The van der Waals surface area contributed by atoms with Crippen LogP contribution in [0.1, 0.15) is 22.7 Å². The van der Waals surface area contributed by atoms with Crippen molar-refractivity contribution in [3.05, 3.63) is 16.3 Å². The Bertz CT molecular complexity index is 679. The highest BCUT2D eigenvalue weighted by Crippen LogP contribution is 2.40. The van der Waals surface area contributed by atoms with Crippen LogP contribution in [0.5, 0.6) is 0 Å². The van der Waals surface area contributed by atoms with Gasteiger partial charge in [-0.3, -0.25) is 4.79 Å². The average Bonchev–Trinajstić information content (AvgIpc) is 2.94. The van der Waals surface area contributed by atoms with Gasteiger partial charge in [-0.25, -0.2) is 9.97 Å². The Morgan fingerprint density at radius 3 is 2.90 bits per heavy atom. The second kappa shape index (κ2) is 5.33. The van der Waals surface area contributed by atoms with Crippen LogP contribution in [0, 0.1) is 6.92 Å². The fourth-order valence-corrected chi connectivity index (χ4v) is 4.88. The van der Waals surface area contributed by atoms with E-state index in [1.54, 1.807) is 30.3 Å². The molecule has 1 aliphatic carbocycles. The Balaban J connectivity index is 1.99. The van der Waals surface area contributed by atoms with Gasteiger partial charge in [-0.2, -0.15) is 0 Å². The van der Waals surface area contributed by atoms with Crippen molar-refractivity contribution < 1.29 is 4.79 Å². The Kier molecular flexibility index (Phi) is 3.69. The van der Waals surface area contributed by atoms with Crippen LogP contribution in [0.3, 0.4) is 0 Å². The van der Waals surface area contributed by atoms with E-state index in [4.69, 9.17) is 0 Å². The number of aromatic nitrogens is 2. The highest BCUT2D eigenvalue weighted by atomic mass is 32.2. The number of aryl methyl sites for hydroxylation is 3. The third-order valence-corrected chi connectivity index (χ3v) is 5.62. The lowest BCUT2D eigenvalue weighted by atomic mass is 10.2. The van der Waals surface area contributed by atoms with E-state index in [-0.39, 0.29) is 5.91 Å². The zero-order valence-corrected chi connectivity index (χ0v) is 13.5. The van der Waals surface area contributed by atoms with Crippen LogP contribution in [0.2, 0.25) is 0 Å². The molecule has 4 nitrogen and oxygen atoms in total. The predicted molar refractivity (Wildman–Crippen MR) is 83.6 cm³/mol. The number of carbonyl (C=O) groups excluding carboxylic acids is 1. The number of rotatable bonds is 3. The first-order valence-corrected chi connectivity index (χ1v) is 8.48. The summed E-state index contributed by atoms with van der Waals surface area (Å²) in [5.74, 6) is 1.34. The second-order valence-electron chi connectivity index (χ2n) is 5.19. The van der Waals surface area contributed by atoms with E-state index < -0.39 is 0 Å². The van der Waals surface area contributed by atoms with E-state index in [0.717, 1.165) is 28.5 Å². The quantitative estimate of drug-likeness (QED) is 0.646. The Morgan fingerprint density at radius 2 is 2.15 bits per heavy atom. The highest BCUT2D eigenvalue weighted by Gasteiger charge is 2.22. The molecular weight excluding hydrogens is 290 g/mol. The largest absolute Gasteiger partial charge is 0.348 e. The topological polar surface area (TPSA) is 46.1 Å². The smallest absolute Gasteiger partial charge is 0.232 e. The predicted octanol–water partition coefficient (Wildman–Crippen LogP) is 2.67. The fraction of sp³-hybridized carbons (Fsp3) is 0.500. The molecule has 0 atom stereocenters. The molecule has 0 N–H and O–H groups in total. The standard InChI is InChI=1S/C14H17N3OS2/c1-8-15-13(19-7-11(18)17(2)3)12-9-5-4-6-10(9)20-14(12)16-8/h4-7H2,1-3H3. The Hall–Kier alpha value is -1.14. The van der Waals surface area contributed by atoms with E-state index in [0.29, 0.717) is 5.75 Å². The molecule has 0 unspecified atom stereocenters. The monoisotopic (exact) mass is 307 g/mol. The number of nitrogens with zero attached hydrogens (tertiary/aromatic N) is 3. The number of thioether (sulfide) groups is 1. The zero-order chi connectivity index (χ0) is 14.3. The van der Waals surface area contributed by atoms with Crippen molar-refractivity contribution in [1.29, 1.82) is 0 Å². The van der Waals surface area contributed by atoms with Crippen molar-refractivity contribution >= 4 is 39.2 Å². The molecule has 0 aliphatic heterocycles. The van der Waals surface area contributed by atoms with Crippen molar-refractivity contribution in [3.8, 4) is 0 Å². The fourth-order valence-electron chi connectivity index (χ4n) is 2.43. The Morgan fingerprint density at radius 1 is 1.35 bits per heavy atom. The van der Waals surface area contributed by atoms with E-state index in [2.05, 4.69) is 9.97 Å². The highest BCUT2D eigenvalue weighted by molar-refractivity contribution is 8.00. The summed E-state index contributed by atoms with van der Waals surface area (Å²) in [5, 5.41) is 2.17. The third-order valence-electron chi connectivity index (χ3n) is 3.47. The lowest BCUT2D eigenvalue weighted by Gasteiger charge is -2.10. The normalized spacial score (nSPS) is 13.8. The lowest BCUT2D eigenvalue weighted by Crippen LogP contribution is -2.23. The summed E-state index contributed by atoms with van der Waals surface area (Å²) in [6.07, 6.45) is 3.51. The molecule has 2 aromatic rings. The van der Waals surface area contributed by atoms with Gasteiger partial charge in [-0.05, 0) is 31.7 Å². The van der Waals surface area contributed by atoms with Crippen LogP contribution < -0.4 is 0 Å². The van der Waals surface area contributed by atoms with Crippen molar-refractivity contribution in [3.63, 3.8) is 0 Å². The van der Waals surface area contributed by atoms with Crippen LogP contribution in [-0.2, 0) is 17.6 Å². The number of carbonyl (C=O) groups is 1. The van der Waals surface area contributed by atoms with Gasteiger partial charge in [0.2, 0.25) is 5.91 Å². The van der Waals surface area contributed by atoms with Gasteiger partial charge in [0, 0.05) is 24.4 Å².